The molecule has 1 saturated heterocycles. The van der Waals surface area contributed by atoms with Crippen LogP contribution in [0, 0.1) is 5.92 Å². The lowest BCUT2D eigenvalue weighted by atomic mass is 10.1. The van der Waals surface area contributed by atoms with E-state index in [9.17, 15) is 27.9 Å². The zero-order valence-electron chi connectivity index (χ0n) is 20.2. The largest absolute Gasteiger partial charge is 0.491 e. The van der Waals surface area contributed by atoms with Crippen LogP contribution in [0.1, 0.15) is 29.8 Å². The number of carbonyl (C=O) groups is 2. The third kappa shape index (κ3) is 5.45. The number of hydrogen-bond acceptors (Lipinski definition) is 8. The second-order valence-corrected chi connectivity index (χ2v) is 9.58. The van der Waals surface area contributed by atoms with Gasteiger partial charge in [-0.2, -0.15) is 13.2 Å². The number of alkyl halides is 3. The van der Waals surface area contributed by atoms with Crippen LogP contribution >= 0.6 is 0 Å². The predicted octanol–water partition coefficient (Wildman–Crippen LogP) is 1.91. The van der Waals surface area contributed by atoms with Crippen LogP contribution in [-0.4, -0.2) is 82.8 Å². The Labute approximate surface area is 215 Å². The lowest BCUT2D eigenvalue weighted by Crippen LogP contribution is -2.49. The number of halogens is 3. The van der Waals surface area contributed by atoms with E-state index >= 15 is 0 Å². The first kappa shape index (κ1) is 26.0. The maximum atomic E-state index is 13.4. The van der Waals surface area contributed by atoms with Crippen molar-refractivity contribution in [2.24, 2.45) is 5.92 Å². The molecule has 2 bridgehead atoms. The summed E-state index contributed by atoms with van der Waals surface area (Å²) in [5.74, 6) is -0.954. The summed E-state index contributed by atoms with van der Waals surface area (Å²) in [6.07, 6.45) is -2.80. The number of pyridine rings is 2. The van der Waals surface area contributed by atoms with Crippen molar-refractivity contribution in [3.63, 3.8) is 0 Å². The monoisotopic (exact) mass is 536 g/mol. The first-order valence-corrected chi connectivity index (χ1v) is 12.3. The van der Waals surface area contributed by atoms with Crippen LogP contribution in [0.5, 0.6) is 5.75 Å². The number of hydrogen-bond donors (Lipinski definition) is 4. The van der Waals surface area contributed by atoms with Crippen molar-refractivity contribution in [2.75, 3.05) is 41.4 Å². The Hall–Kier alpha value is -3.65. The highest BCUT2D eigenvalue weighted by Crippen LogP contribution is 2.41. The molecule has 14 heteroatoms. The normalized spacial score (nSPS) is 20.0. The van der Waals surface area contributed by atoms with Gasteiger partial charge in [0.1, 0.15) is 36.0 Å². The van der Waals surface area contributed by atoms with Crippen LogP contribution in [-0.2, 0) is 0 Å². The van der Waals surface area contributed by atoms with Crippen LogP contribution in [0.3, 0.4) is 0 Å². The molecule has 0 aromatic carbocycles. The van der Waals surface area contributed by atoms with E-state index in [0.29, 0.717) is 43.8 Å². The highest BCUT2D eigenvalue weighted by molar-refractivity contribution is 6.05. The summed E-state index contributed by atoms with van der Waals surface area (Å²) >= 11 is 0. The molecule has 5 rings (SSSR count). The molecular weight excluding hydrogens is 509 g/mol. The van der Waals surface area contributed by atoms with Gasteiger partial charge in [-0.05, 0) is 43.4 Å². The Morgan fingerprint density at radius 2 is 2.00 bits per heavy atom. The van der Waals surface area contributed by atoms with Crippen LogP contribution in [0.2, 0.25) is 0 Å². The number of ether oxygens (including phenoxy) is 1. The Kier molecular flexibility index (Phi) is 7.01. The van der Waals surface area contributed by atoms with Crippen LogP contribution in [0.4, 0.5) is 35.3 Å². The molecule has 3 aliphatic rings. The number of aliphatic hydroxyl groups is 2. The fourth-order valence-electron chi connectivity index (χ4n) is 4.69. The molecular formula is C24H27F3N6O5. The number of aliphatic hydroxyl groups excluding tert-OH is 2. The minimum absolute atomic E-state index is 0.152. The van der Waals surface area contributed by atoms with Gasteiger partial charge >= 0.3 is 12.2 Å². The molecule has 1 unspecified atom stereocenters. The second-order valence-electron chi connectivity index (χ2n) is 9.58. The molecule has 3 atom stereocenters. The lowest BCUT2D eigenvalue weighted by molar-refractivity contribution is -0.158. The number of nitrogens with one attached hydrogen (secondary N) is 2. The zero-order valence-corrected chi connectivity index (χ0v) is 20.2. The number of carbonyl (C=O) groups excluding carboxylic acids is 2. The van der Waals surface area contributed by atoms with Crippen molar-refractivity contribution in [1.29, 1.82) is 0 Å². The fourth-order valence-corrected chi connectivity index (χ4v) is 4.69. The van der Waals surface area contributed by atoms with Crippen LogP contribution < -0.4 is 25.2 Å². The van der Waals surface area contributed by atoms with Crippen molar-refractivity contribution in [3.8, 4) is 5.75 Å². The van der Waals surface area contributed by atoms with Crippen molar-refractivity contribution in [3.05, 3.63) is 36.2 Å². The Bertz CT molecular complexity index is 1210. The number of aromatic nitrogens is 2. The average molecular weight is 537 g/mol. The molecule has 1 saturated carbocycles. The van der Waals surface area contributed by atoms with Gasteiger partial charge in [0.05, 0.1) is 18.3 Å². The van der Waals surface area contributed by atoms with Crippen molar-refractivity contribution in [1.82, 2.24) is 15.3 Å². The topological polar surface area (TPSA) is 140 Å². The molecule has 3 amide bonds. The molecule has 38 heavy (non-hydrogen) atoms. The van der Waals surface area contributed by atoms with Gasteiger partial charge in [-0.1, -0.05) is 0 Å². The fraction of sp³-hybridized carbons (Fsp3) is 0.500. The number of amides is 3. The van der Waals surface area contributed by atoms with E-state index in [4.69, 9.17) is 9.84 Å². The first-order chi connectivity index (χ1) is 18.1. The lowest BCUT2D eigenvalue weighted by Gasteiger charge is -2.35. The third-order valence-corrected chi connectivity index (χ3v) is 6.76. The molecule has 2 aromatic rings. The van der Waals surface area contributed by atoms with Gasteiger partial charge < -0.3 is 25.2 Å². The summed E-state index contributed by atoms with van der Waals surface area (Å²) in [6, 6.07) is 3.15. The molecule has 1 aliphatic carbocycles. The van der Waals surface area contributed by atoms with E-state index in [1.807, 2.05) is 4.90 Å². The number of rotatable bonds is 8. The summed E-state index contributed by atoms with van der Waals surface area (Å²) in [7, 11) is 0. The van der Waals surface area contributed by atoms with Gasteiger partial charge in [-0.25, -0.2) is 14.8 Å². The van der Waals surface area contributed by atoms with Gasteiger partial charge in [-0.15, -0.1) is 0 Å². The van der Waals surface area contributed by atoms with E-state index in [1.165, 1.54) is 29.3 Å². The second kappa shape index (κ2) is 10.3. The minimum atomic E-state index is -4.57. The molecule has 2 aromatic heterocycles. The van der Waals surface area contributed by atoms with E-state index in [-0.39, 0.29) is 30.0 Å². The van der Waals surface area contributed by atoms with Gasteiger partial charge in [-0.3, -0.25) is 15.0 Å². The van der Waals surface area contributed by atoms with Gasteiger partial charge in [0.25, 0.3) is 5.91 Å². The molecule has 2 aliphatic heterocycles. The SMILES string of the molecule is O=C(N[C@H](C1CC1)C(F)(F)F)c1ccc2c(n1)N(C(=O)Nc1cc(OC[C@H](O)CO)ccn1)C1CCN2C1. The van der Waals surface area contributed by atoms with Crippen LogP contribution in [0.25, 0.3) is 0 Å². The summed E-state index contributed by atoms with van der Waals surface area (Å²) < 4.78 is 45.7. The first-order valence-electron chi connectivity index (χ1n) is 12.3. The highest BCUT2D eigenvalue weighted by atomic mass is 19.4. The van der Waals surface area contributed by atoms with E-state index < -0.39 is 42.8 Å². The summed E-state index contributed by atoms with van der Waals surface area (Å²) in [5.41, 5.74) is 0.387. The smallest absolute Gasteiger partial charge is 0.408 e. The van der Waals surface area contributed by atoms with Crippen molar-refractivity contribution >= 4 is 29.3 Å². The zero-order chi connectivity index (χ0) is 27.0. The number of anilines is 3. The van der Waals surface area contributed by atoms with Crippen molar-refractivity contribution in [2.45, 2.75) is 43.6 Å². The predicted molar refractivity (Wildman–Crippen MR) is 129 cm³/mol. The summed E-state index contributed by atoms with van der Waals surface area (Å²) in [4.78, 5) is 38.0. The third-order valence-electron chi connectivity index (χ3n) is 6.76. The number of nitrogens with zero attached hydrogens (tertiary/aromatic N) is 4. The molecule has 11 nitrogen and oxygen atoms in total. The maximum absolute atomic E-state index is 13.4. The highest BCUT2D eigenvalue weighted by Gasteiger charge is 2.50. The van der Waals surface area contributed by atoms with Crippen LogP contribution in [0.15, 0.2) is 30.5 Å². The molecule has 0 spiro atoms. The quantitative estimate of drug-likeness (QED) is 0.401. The van der Waals surface area contributed by atoms with Gasteiger partial charge in [0, 0.05) is 25.4 Å². The minimum Gasteiger partial charge on any atom is -0.491 e. The summed E-state index contributed by atoms with van der Waals surface area (Å²) in [6.45, 7) is 0.574. The van der Waals surface area contributed by atoms with Gasteiger partial charge in [0.2, 0.25) is 0 Å². The van der Waals surface area contributed by atoms with Crippen molar-refractivity contribution < 1.29 is 37.7 Å². The average Bonchev–Trinajstić information content (AvgIpc) is 3.64. The van der Waals surface area contributed by atoms with Gasteiger partial charge in [0.15, 0.2) is 5.82 Å². The Morgan fingerprint density at radius 1 is 1.21 bits per heavy atom. The molecule has 4 N–H and O–H groups in total. The van der Waals surface area contributed by atoms with E-state index in [2.05, 4.69) is 20.6 Å². The molecule has 0 radical (unpaired) electrons. The number of urea groups is 1. The standard InChI is InChI=1S/C24H27F3N6O5/c25-24(26,27)20(13-1-2-13)31-22(36)17-3-4-18-21(29-17)33(14-6-8-32(18)10-14)23(37)30-19-9-16(5-7-28-19)38-12-15(35)11-34/h3-5,7,9,13-15,20,34-35H,1-2,6,8,10-12H2,(H,31,36)(H,28,30,37)/t14?,15-,20-/m1/s1. The van der Waals surface area contributed by atoms with E-state index in [1.54, 1.807) is 6.07 Å². The molecule has 2 fully saturated rings. The maximum Gasteiger partial charge on any atom is 0.408 e. The van der Waals surface area contributed by atoms with E-state index in [0.717, 1.165) is 0 Å². The Morgan fingerprint density at radius 3 is 2.71 bits per heavy atom. The Balaban J connectivity index is 1.36. The molecule has 204 valence electrons. The summed E-state index contributed by atoms with van der Waals surface area (Å²) in [5, 5.41) is 23.2. The number of fused-ring (bicyclic) bond motifs is 4. The molecule has 4 heterocycles.